The Morgan fingerprint density at radius 2 is 2.00 bits per heavy atom. The minimum Gasteiger partial charge on any atom is -0.308 e. The molecule has 0 aliphatic heterocycles. The number of nitrogens with one attached hydrogen (secondary N) is 1. The molecule has 0 saturated carbocycles. The first-order valence-corrected chi connectivity index (χ1v) is 5.91. The third-order valence-corrected chi connectivity index (χ3v) is 3.21. The van der Waals surface area contributed by atoms with Crippen LogP contribution in [0.2, 0.25) is 0 Å². The van der Waals surface area contributed by atoms with Crippen LogP contribution in [0.15, 0.2) is 24.3 Å². The van der Waals surface area contributed by atoms with Crippen molar-refractivity contribution in [2.75, 3.05) is 13.1 Å². The zero-order valence-electron chi connectivity index (χ0n) is 9.56. The van der Waals surface area contributed by atoms with E-state index in [9.17, 15) is 13.2 Å². The maximum absolute atomic E-state index is 12.0. The number of fused-ring (bicyclic) bond motifs is 1. The van der Waals surface area contributed by atoms with Crippen LogP contribution in [0.4, 0.5) is 13.2 Å². The first-order valence-electron chi connectivity index (χ1n) is 5.91. The zero-order chi connectivity index (χ0) is 12.3. The smallest absolute Gasteiger partial charge is 0.308 e. The lowest BCUT2D eigenvalue weighted by Gasteiger charge is -2.25. The minimum absolute atomic E-state index is 0.224. The summed E-state index contributed by atoms with van der Waals surface area (Å²) < 4.78 is 36.1. The molecule has 1 atom stereocenters. The summed E-state index contributed by atoms with van der Waals surface area (Å²) >= 11 is 0. The molecule has 0 fully saturated rings. The second-order valence-electron chi connectivity index (χ2n) is 4.53. The summed E-state index contributed by atoms with van der Waals surface area (Å²) in [4.78, 5) is 0. The summed E-state index contributed by atoms with van der Waals surface area (Å²) in [6, 6.07) is 8.06. The van der Waals surface area contributed by atoms with Crippen molar-refractivity contribution in [3.05, 3.63) is 35.4 Å². The van der Waals surface area contributed by atoms with Gasteiger partial charge in [-0.05, 0) is 36.3 Å². The predicted octanol–water partition coefficient (Wildman–Crippen LogP) is 3.26. The molecule has 94 valence electrons. The maximum atomic E-state index is 12.0. The van der Waals surface area contributed by atoms with Gasteiger partial charge < -0.3 is 5.32 Å². The third-order valence-electron chi connectivity index (χ3n) is 3.21. The van der Waals surface area contributed by atoms with E-state index in [0.717, 1.165) is 19.3 Å². The second kappa shape index (κ2) is 5.08. The van der Waals surface area contributed by atoms with Crippen molar-refractivity contribution in [3.8, 4) is 0 Å². The normalized spacial score (nSPS) is 20.1. The molecule has 0 bridgehead atoms. The van der Waals surface area contributed by atoms with E-state index in [1.807, 2.05) is 18.2 Å². The van der Waals surface area contributed by atoms with E-state index >= 15 is 0 Å². The van der Waals surface area contributed by atoms with Crippen molar-refractivity contribution in [3.63, 3.8) is 0 Å². The van der Waals surface area contributed by atoms with E-state index in [1.54, 1.807) is 0 Å². The first kappa shape index (κ1) is 12.4. The Morgan fingerprint density at radius 1 is 1.24 bits per heavy atom. The molecule has 1 N–H and O–H groups in total. The van der Waals surface area contributed by atoms with Gasteiger partial charge >= 0.3 is 6.18 Å². The molecule has 0 radical (unpaired) electrons. The predicted molar refractivity (Wildman–Crippen MR) is 61.0 cm³/mol. The topological polar surface area (TPSA) is 12.0 Å². The Morgan fingerprint density at radius 3 is 2.76 bits per heavy atom. The lowest BCUT2D eigenvalue weighted by Crippen LogP contribution is -2.32. The van der Waals surface area contributed by atoms with Gasteiger partial charge in [0.2, 0.25) is 0 Å². The van der Waals surface area contributed by atoms with Gasteiger partial charge in [-0.2, -0.15) is 13.2 Å². The van der Waals surface area contributed by atoms with Crippen LogP contribution in [0.3, 0.4) is 0 Å². The molecule has 17 heavy (non-hydrogen) atoms. The van der Waals surface area contributed by atoms with Gasteiger partial charge in [0.05, 0.1) is 6.54 Å². The number of benzene rings is 1. The third kappa shape index (κ3) is 3.46. The quantitative estimate of drug-likeness (QED) is 0.859. The van der Waals surface area contributed by atoms with Crippen LogP contribution < -0.4 is 5.32 Å². The van der Waals surface area contributed by atoms with Gasteiger partial charge in [-0.15, -0.1) is 0 Å². The SMILES string of the molecule is FC(F)(F)CNCC1CCCc2ccccc21. The fourth-order valence-electron chi connectivity index (χ4n) is 2.45. The molecule has 0 spiro atoms. The second-order valence-corrected chi connectivity index (χ2v) is 4.53. The van der Waals surface area contributed by atoms with Crippen LogP contribution in [0.25, 0.3) is 0 Å². The van der Waals surface area contributed by atoms with Crippen molar-refractivity contribution >= 4 is 0 Å². The van der Waals surface area contributed by atoms with Crippen molar-refractivity contribution in [2.24, 2.45) is 0 Å². The number of aryl methyl sites for hydroxylation is 1. The molecule has 0 aromatic heterocycles. The van der Waals surface area contributed by atoms with E-state index in [1.165, 1.54) is 11.1 Å². The van der Waals surface area contributed by atoms with Gasteiger partial charge in [-0.3, -0.25) is 0 Å². The Labute approximate surface area is 99.0 Å². The first-order chi connectivity index (χ1) is 8.06. The molecule has 1 aliphatic rings. The summed E-state index contributed by atoms with van der Waals surface area (Å²) in [5.41, 5.74) is 2.51. The number of hydrogen-bond donors (Lipinski definition) is 1. The van der Waals surface area contributed by atoms with Crippen molar-refractivity contribution < 1.29 is 13.2 Å². The van der Waals surface area contributed by atoms with Crippen LogP contribution in [0, 0.1) is 0 Å². The van der Waals surface area contributed by atoms with Gasteiger partial charge in [0.1, 0.15) is 0 Å². The lowest BCUT2D eigenvalue weighted by atomic mass is 9.83. The fourth-order valence-corrected chi connectivity index (χ4v) is 2.45. The van der Waals surface area contributed by atoms with E-state index in [0.29, 0.717) is 6.54 Å². The van der Waals surface area contributed by atoms with Crippen molar-refractivity contribution in [1.29, 1.82) is 0 Å². The Balaban J connectivity index is 1.95. The van der Waals surface area contributed by atoms with Gasteiger partial charge in [0.15, 0.2) is 0 Å². The molecular formula is C13H16F3N. The highest BCUT2D eigenvalue weighted by Gasteiger charge is 2.27. The Kier molecular flexibility index (Phi) is 3.72. The summed E-state index contributed by atoms with van der Waals surface area (Å²) in [6.45, 7) is -0.484. The maximum Gasteiger partial charge on any atom is 0.401 e. The van der Waals surface area contributed by atoms with Gasteiger partial charge in [0.25, 0.3) is 0 Å². The number of rotatable bonds is 3. The Hall–Kier alpha value is -1.03. The van der Waals surface area contributed by atoms with Crippen molar-refractivity contribution in [1.82, 2.24) is 5.32 Å². The standard InChI is InChI=1S/C13H16F3N/c14-13(15,16)9-17-8-11-6-3-5-10-4-1-2-7-12(10)11/h1-2,4,7,11,17H,3,5-6,8-9H2. The van der Waals surface area contributed by atoms with Crippen LogP contribution in [0.5, 0.6) is 0 Å². The highest BCUT2D eigenvalue weighted by atomic mass is 19.4. The molecular weight excluding hydrogens is 227 g/mol. The van der Waals surface area contributed by atoms with Crippen LogP contribution in [-0.2, 0) is 6.42 Å². The average Bonchev–Trinajstić information content (AvgIpc) is 2.28. The molecule has 1 aromatic carbocycles. The molecule has 0 amide bonds. The van der Waals surface area contributed by atoms with Crippen LogP contribution in [0.1, 0.15) is 29.9 Å². The molecule has 0 heterocycles. The van der Waals surface area contributed by atoms with Crippen LogP contribution in [-0.4, -0.2) is 19.3 Å². The zero-order valence-corrected chi connectivity index (χ0v) is 9.56. The largest absolute Gasteiger partial charge is 0.401 e. The molecule has 4 heteroatoms. The van der Waals surface area contributed by atoms with E-state index in [4.69, 9.17) is 0 Å². The molecule has 0 saturated heterocycles. The number of halogens is 3. The molecule has 1 nitrogen and oxygen atoms in total. The fraction of sp³-hybridized carbons (Fsp3) is 0.538. The monoisotopic (exact) mass is 243 g/mol. The van der Waals surface area contributed by atoms with Crippen LogP contribution >= 0.6 is 0 Å². The van der Waals surface area contributed by atoms with Gasteiger partial charge in [0, 0.05) is 6.54 Å². The van der Waals surface area contributed by atoms with Gasteiger partial charge in [-0.1, -0.05) is 24.3 Å². The van der Waals surface area contributed by atoms with E-state index in [-0.39, 0.29) is 5.92 Å². The average molecular weight is 243 g/mol. The summed E-state index contributed by atoms with van der Waals surface area (Å²) in [5.74, 6) is 0.224. The van der Waals surface area contributed by atoms with Gasteiger partial charge in [-0.25, -0.2) is 0 Å². The molecule has 1 aromatic rings. The van der Waals surface area contributed by atoms with E-state index in [2.05, 4.69) is 11.4 Å². The summed E-state index contributed by atoms with van der Waals surface area (Å²) in [7, 11) is 0. The number of alkyl halides is 3. The summed E-state index contributed by atoms with van der Waals surface area (Å²) in [5, 5.41) is 2.51. The Bertz CT molecular complexity index is 373. The molecule has 1 unspecified atom stereocenters. The molecule has 2 rings (SSSR count). The minimum atomic E-state index is -4.12. The van der Waals surface area contributed by atoms with E-state index < -0.39 is 12.7 Å². The number of hydrogen-bond acceptors (Lipinski definition) is 1. The highest BCUT2D eigenvalue weighted by molar-refractivity contribution is 5.32. The highest BCUT2D eigenvalue weighted by Crippen LogP contribution is 2.30. The van der Waals surface area contributed by atoms with Crippen molar-refractivity contribution in [2.45, 2.75) is 31.4 Å². The summed E-state index contributed by atoms with van der Waals surface area (Å²) in [6.07, 6.45) is -1.03. The molecule has 1 aliphatic carbocycles. The lowest BCUT2D eigenvalue weighted by molar-refractivity contribution is -0.124.